The highest BCUT2D eigenvalue weighted by molar-refractivity contribution is 6.16. The molecule has 3 aromatic rings. The van der Waals surface area contributed by atoms with Gasteiger partial charge in [0.15, 0.2) is 0 Å². The van der Waals surface area contributed by atoms with E-state index in [-0.39, 0.29) is 0 Å². The molecule has 1 saturated heterocycles. The monoisotopic (exact) mass is 391 g/mol. The lowest BCUT2D eigenvalue weighted by atomic mass is 9.84. The van der Waals surface area contributed by atoms with Gasteiger partial charge >= 0.3 is 0 Å². The van der Waals surface area contributed by atoms with Gasteiger partial charge in [0, 0.05) is 11.3 Å². The summed E-state index contributed by atoms with van der Waals surface area (Å²) in [7, 11) is 1.59. The van der Waals surface area contributed by atoms with Crippen molar-refractivity contribution in [1.82, 2.24) is 0 Å². The Morgan fingerprint density at radius 1 is 1.03 bits per heavy atom. The predicted octanol–water partition coefficient (Wildman–Crippen LogP) is 3.48. The van der Waals surface area contributed by atoms with E-state index in [2.05, 4.69) is 0 Å². The first kappa shape index (κ1) is 18.1. The number of fused-ring (bicyclic) bond motifs is 3. The van der Waals surface area contributed by atoms with E-state index in [9.17, 15) is 9.90 Å². The van der Waals surface area contributed by atoms with Crippen molar-refractivity contribution in [3.63, 3.8) is 0 Å². The summed E-state index contributed by atoms with van der Waals surface area (Å²) in [6.07, 6.45) is 0. The molecule has 1 amide bonds. The molecule has 1 fully saturated rings. The fourth-order valence-corrected chi connectivity index (χ4v) is 4.34. The summed E-state index contributed by atoms with van der Waals surface area (Å²) in [5.74, 6) is -1.37. The molecule has 6 nitrogen and oxygen atoms in total. The predicted molar refractivity (Wildman–Crippen MR) is 108 cm³/mol. The molecular formula is C23H21NO5. The van der Waals surface area contributed by atoms with Gasteiger partial charge in [0.05, 0.1) is 26.0 Å². The van der Waals surface area contributed by atoms with Crippen LogP contribution in [-0.2, 0) is 19.9 Å². The van der Waals surface area contributed by atoms with Crippen LogP contribution in [0.3, 0.4) is 0 Å². The van der Waals surface area contributed by atoms with Gasteiger partial charge in [-0.3, -0.25) is 9.69 Å². The van der Waals surface area contributed by atoms with Crippen LogP contribution in [0.25, 0.3) is 10.8 Å². The normalized spacial score (nSPS) is 22.9. The first-order valence-electron chi connectivity index (χ1n) is 9.51. The van der Waals surface area contributed by atoms with Crippen LogP contribution in [0.5, 0.6) is 5.75 Å². The molecule has 2 heterocycles. The second kappa shape index (κ2) is 6.29. The molecule has 5 rings (SSSR count). The van der Waals surface area contributed by atoms with Crippen molar-refractivity contribution in [2.24, 2.45) is 0 Å². The lowest BCUT2D eigenvalue weighted by Crippen LogP contribution is -2.56. The number of hydrogen-bond acceptors (Lipinski definition) is 5. The molecule has 2 aliphatic rings. The van der Waals surface area contributed by atoms with Crippen LogP contribution in [-0.4, -0.2) is 37.1 Å². The van der Waals surface area contributed by atoms with E-state index in [0.717, 1.165) is 10.8 Å². The van der Waals surface area contributed by atoms with Gasteiger partial charge in [0.2, 0.25) is 11.4 Å². The van der Waals surface area contributed by atoms with Crippen molar-refractivity contribution in [1.29, 1.82) is 0 Å². The molecule has 0 radical (unpaired) electrons. The molecule has 1 unspecified atom stereocenters. The van der Waals surface area contributed by atoms with E-state index in [1.807, 2.05) is 60.7 Å². The van der Waals surface area contributed by atoms with Crippen LogP contribution in [0.15, 0.2) is 60.7 Å². The van der Waals surface area contributed by atoms with Gasteiger partial charge in [-0.2, -0.15) is 0 Å². The number of rotatable bonds is 3. The number of ether oxygens (including phenoxy) is 3. The third-order valence-electron chi connectivity index (χ3n) is 5.83. The van der Waals surface area contributed by atoms with E-state index in [0.29, 0.717) is 35.9 Å². The van der Waals surface area contributed by atoms with Crippen LogP contribution in [0.4, 0.5) is 11.4 Å². The van der Waals surface area contributed by atoms with Gasteiger partial charge in [-0.1, -0.05) is 30.3 Å². The minimum Gasteiger partial charge on any atom is -0.497 e. The molecular weight excluding hydrogens is 370 g/mol. The summed E-state index contributed by atoms with van der Waals surface area (Å²) in [6, 6.07) is 18.6. The maximum atomic E-state index is 13.8. The molecule has 29 heavy (non-hydrogen) atoms. The van der Waals surface area contributed by atoms with Gasteiger partial charge in [-0.25, -0.2) is 0 Å². The van der Waals surface area contributed by atoms with Crippen LogP contribution < -0.4 is 9.64 Å². The average Bonchev–Trinajstić information content (AvgIpc) is 3.30. The number of nitrogens with zero attached hydrogens (tertiary/aromatic N) is 1. The average molecular weight is 391 g/mol. The van der Waals surface area contributed by atoms with Crippen molar-refractivity contribution in [3.8, 4) is 5.75 Å². The fraction of sp³-hybridized carbons (Fsp3) is 0.261. The number of aliphatic hydroxyl groups is 1. The van der Waals surface area contributed by atoms with E-state index >= 15 is 0 Å². The third kappa shape index (κ3) is 2.37. The number of carbonyl (C=O) groups is 1. The number of anilines is 2. The first-order valence-corrected chi connectivity index (χ1v) is 9.51. The van der Waals surface area contributed by atoms with E-state index in [1.165, 1.54) is 4.90 Å². The van der Waals surface area contributed by atoms with Gasteiger partial charge in [-0.05, 0) is 48.0 Å². The van der Waals surface area contributed by atoms with Crippen LogP contribution in [0.1, 0.15) is 12.5 Å². The number of para-hydroxylation sites is 1. The Morgan fingerprint density at radius 2 is 1.72 bits per heavy atom. The maximum Gasteiger partial charge on any atom is 0.274 e. The second-order valence-electron chi connectivity index (χ2n) is 7.38. The Balaban J connectivity index is 1.85. The summed E-state index contributed by atoms with van der Waals surface area (Å²) in [5, 5.41) is 13.6. The Bertz CT molecular complexity index is 1110. The maximum absolute atomic E-state index is 13.8. The first-order chi connectivity index (χ1) is 14.0. The van der Waals surface area contributed by atoms with Crippen molar-refractivity contribution >= 4 is 28.1 Å². The molecule has 0 saturated carbocycles. The van der Waals surface area contributed by atoms with Crippen molar-refractivity contribution < 1.29 is 24.1 Å². The van der Waals surface area contributed by atoms with Gasteiger partial charge in [0.1, 0.15) is 5.75 Å². The zero-order valence-corrected chi connectivity index (χ0v) is 16.2. The zero-order chi connectivity index (χ0) is 20.2. The minimum absolute atomic E-state index is 0.306. The number of hydrogen-bond donors (Lipinski definition) is 1. The van der Waals surface area contributed by atoms with Gasteiger partial charge < -0.3 is 19.3 Å². The highest BCUT2D eigenvalue weighted by Crippen LogP contribution is 2.54. The van der Waals surface area contributed by atoms with Crippen molar-refractivity contribution in [3.05, 3.63) is 66.2 Å². The summed E-state index contributed by atoms with van der Waals surface area (Å²) in [5.41, 5.74) is -0.281. The minimum atomic E-state index is -2.01. The van der Waals surface area contributed by atoms with Crippen LogP contribution in [0.2, 0.25) is 0 Å². The van der Waals surface area contributed by atoms with Crippen molar-refractivity contribution in [2.45, 2.75) is 18.3 Å². The van der Waals surface area contributed by atoms with E-state index in [4.69, 9.17) is 14.2 Å². The highest BCUT2D eigenvalue weighted by Gasteiger charge is 2.65. The third-order valence-corrected chi connectivity index (χ3v) is 5.83. The zero-order valence-electron chi connectivity index (χ0n) is 16.2. The molecule has 6 heteroatoms. The molecule has 0 bridgehead atoms. The summed E-state index contributed by atoms with van der Waals surface area (Å²) in [4.78, 5) is 15.3. The van der Waals surface area contributed by atoms with Gasteiger partial charge in [0.25, 0.3) is 5.91 Å². The summed E-state index contributed by atoms with van der Waals surface area (Å²) in [6.45, 7) is 2.23. The largest absolute Gasteiger partial charge is 0.497 e. The van der Waals surface area contributed by atoms with Gasteiger partial charge in [-0.15, -0.1) is 0 Å². The number of methoxy groups -OCH3 is 1. The van der Waals surface area contributed by atoms with E-state index < -0.39 is 17.3 Å². The SMILES string of the molecule is COc1ccc2ccc3c(c2c1)C(O)(C1(C)OCCO1)C(=O)N3c1ccccc1. The summed E-state index contributed by atoms with van der Waals surface area (Å²) < 4.78 is 17.0. The smallest absolute Gasteiger partial charge is 0.274 e. The molecule has 0 aliphatic carbocycles. The van der Waals surface area contributed by atoms with E-state index in [1.54, 1.807) is 14.0 Å². The Hall–Kier alpha value is -2.93. The number of carbonyl (C=O) groups excluding carboxylic acids is 1. The molecule has 0 spiro atoms. The quantitative estimate of drug-likeness (QED) is 0.740. The standard InChI is InChI=1S/C23H21NO5/c1-22(28-12-13-29-22)23(26)20-18-14-17(27-2)10-8-15(18)9-11-19(20)24(21(23)25)16-6-4-3-5-7-16/h3-11,14,26H,12-13H2,1-2H3. The fourth-order valence-electron chi connectivity index (χ4n) is 4.34. The molecule has 1 atom stereocenters. The van der Waals surface area contributed by atoms with Crippen LogP contribution >= 0.6 is 0 Å². The molecule has 148 valence electrons. The molecule has 2 aliphatic heterocycles. The summed E-state index contributed by atoms with van der Waals surface area (Å²) >= 11 is 0. The Labute approximate surface area is 168 Å². The van der Waals surface area contributed by atoms with Crippen molar-refractivity contribution in [2.75, 3.05) is 25.2 Å². The lowest BCUT2D eigenvalue weighted by molar-refractivity contribution is -0.252. The molecule has 1 N–H and O–H groups in total. The second-order valence-corrected chi connectivity index (χ2v) is 7.38. The molecule has 0 aromatic heterocycles. The highest BCUT2D eigenvalue weighted by atomic mass is 16.7. The number of benzene rings is 3. The van der Waals surface area contributed by atoms with Crippen LogP contribution in [0, 0.1) is 0 Å². The lowest BCUT2D eigenvalue weighted by Gasteiger charge is -2.36. The Kier molecular flexibility index (Phi) is 3.93. The molecule has 3 aromatic carbocycles. The topological polar surface area (TPSA) is 68.2 Å². The number of amides is 1. The Morgan fingerprint density at radius 3 is 2.41 bits per heavy atom.